The van der Waals surface area contributed by atoms with Gasteiger partial charge < -0.3 is 5.32 Å². The van der Waals surface area contributed by atoms with Crippen molar-refractivity contribution in [1.82, 2.24) is 14.3 Å². The van der Waals surface area contributed by atoms with E-state index in [2.05, 4.69) is 20.0 Å². The molecule has 0 unspecified atom stereocenters. The number of carbonyl (C=O) groups is 1. The summed E-state index contributed by atoms with van der Waals surface area (Å²) in [5.41, 5.74) is 2.46. The highest BCUT2D eigenvalue weighted by Crippen LogP contribution is 2.24. The van der Waals surface area contributed by atoms with Crippen molar-refractivity contribution in [1.29, 1.82) is 0 Å². The molecule has 37 heavy (non-hydrogen) atoms. The van der Waals surface area contributed by atoms with Crippen LogP contribution in [0.1, 0.15) is 46.6 Å². The van der Waals surface area contributed by atoms with Crippen LogP contribution >= 0.6 is 0 Å². The van der Waals surface area contributed by atoms with Crippen LogP contribution in [0.3, 0.4) is 0 Å². The zero-order valence-electron chi connectivity index (χ0n) is 20.9. The highest BCUT2D eigenvalue weighted by molar-refractivity contribution is 7.92. The zero-order chi connectivity index (χ0) is 26.8. The number of amides is 1. The first-order valence-electron chi connectivity index (χ1n) is 11.8. The summed E-state index contributed by atoms with van der Waals surface area (Å²) >= 11 is 0. The molecule has 1 saturated heterocycles. The Hall–Kier alpha value is -3.35. The SMILES string of the molecule is Cc1cc(C)nc(NS(=O)(=O)c2ccc(NC(=O)c3cc(S(=O)(=O)N4CCCCC4)ccc3C)cc2)n1. The van der Waals surface area contributed by atoms with Gasteiger partial charge in [0, 0.05) is 35.7 Å². The normalized spacial score (nSPS) is 14.8. The molecule has 0 bridgehead atoms. The Morgan fingerprint density at radius 3 is 2.03 bits per heavy atom. The van der Waals surface area contributed by atoms with Crippen LogP contribution in [0.5, 0.6) is 0 Å². The molecule has 4 rings (SSSR count). The van der Waals surface area contributed by atoms with E-state index in [4.69, 9.17) is 0 Å². The maximum absolute atomic E-state index is 13.1. The number of nitrogens with one attached hydrogen (secondary N) is 2. The molecule has 1 fully saturated rings. The lowest BCUT2D eigenvalue weighted by molar-refractivity contribution is 0.102. The molecular weight excluding hydrogens is 514 g/mol. The Bertz CT molecular complexity index is 1510. The number of rotatable bonds is 7. The molecule has 10 nitrogen and oxygen atoms in total. The second kappa shape index (κ2) is 10.6. The predicted octanol–water partition coefficient (Wildman–Crippen LogP) is 3.63. The Balaban J connectivity index is 1.50. The predicted molar refractivity (Wildman–Crippen MR) is 140 cm³/mol. The van der Waals surface area contributed by atoms with Crippen LogP contribution in [0.4, 0.5) is 11.6 Å². The van der Waals surface area contributed by atoms with E-state index < -0.39 is 26.0 Å². The molecule has 0 aliphatic carbocycles. The molecule has 0 radical (unpaired) electrons. The van der Waals surface area contributed by atoms with E-state index >= 15 is 0 Å². The Morgan fingerprint density at radius 1 is 0.811 bits per heavy atom. The molecule has 2 N–H and O–H groups in total. The van der Waals surface area contributed by atoms with Crippen molar-refractivity contribution in [2.45, 2.75) is 49.8 Å². The van der Waals surface area contributed by atoms with E-state index in [-0.39, 0.29) is 21.3 Å². The van der Waals surface area contributed by atoms with Crippen LogP contribution in [0.15, 0.2) is 58.3 Å². The summed E-state index contributed by atoms with van der Waals surface area (Å²) in [6, 6.07) is 11.9. The molecule has 0 spiro atoms. The number of anilines is 2. The lowest BCUT2D eigenvalue weighted by Crippen LogP contribution is -2.35. The van der Waals surface area contributed by atoms with E-state index in [9.17, 15) is 21.6 Å². The van der Waals surface area contributed by atoms with Crippen molar-refractivity contribution in [2.75, 3.05) is 23.1 Å². The molecule has 1 aliphatic heterocycles. The molecule has 0 saturated carbocycles. The lowest BCUT2D eigenvalue weighted by atomic mass is 10.1. The first kappa shape index (κ1) is 26.7. The minimum Gasteiger partial charge on any atom is -0.322 e. The second-order valence-corrected chi connectivity index (χ2v) is 12.6. The van der Waals surface area contributed by atoms with Crippen LogP contribution in [0.25, 0.3) is 0 Å². The van der Waals surface area contributed by atoms with E-state index in [1.807, 2.05) is 0 Å². The van der Waals surface area contributed by atoms with Crippen LogP contribution < -0.4 is 10.0 Å². The maximum atomic E-state index is 13.1. The number of hydrogen-bond donors (Lipinski definition) is 2. The largest absolute Gasteiger partial charge is 0.322 e. The minimum absolute atomic E-state index is 0.0234. The van der Waals surface area contributed by atoms with Gasteiger partial charge in [0.15, 0.2) is 0 Å². The van der Waals surface area contributed by atoms with E-state index in [1.165, 1.54) is 40.7 Å². The molecule has 1 aromatic heterocycles. The summed E-state index contributed by atoms with van der Waals surface area (Å²) < 4.78 is 55.4. The van der Waals surface area contributed by atoms with Gasteiger partial charge in [0.05, 0.1) is 9.79 Å². The van der Waals surface area contributed by atoms with Crippen LogP contribution in [0.2, 0.25) is 0 Å². The third-order valence-corrected chi connectivity index (χ3v) is 9.28. The van der Waals surface area contributed by atoms with Gasteiger partial charge in [-0.15, -0.1) is 0 Å². The number of aryl methyl sites for hydroxylation is 3. The average Bonchev–Trinajstić information content (AvgIpc) is 2.84. The molecule has 2 heterocycles. The van der Waals surface area contributed by atoms with Gasteiger partial charge in [-0.05, 0) is 81.6 Å². The van der Waals surface area contributed by atoms with Crippen molar-refractivity contribution in [3.63, 3.8) is 0 Å². The maximum Gasteiger partial charge on any atom is 0.264 e. The third-order valence-electron chi connectivity index (χ3n) is 6.04. The Kier molecular flexibility index (Phi) is 7.62. The monoisotopic (exact) mass is 543 g/mol. The Labute approximate surface area is 217 Å². The summed E-state index contributed by atoms with van der Waals surface area (Å²) in [6.07, 6.45) is 2.64. The van der Waals surface area contributed by atoms with Gasteiger partial charge in [-0.1, -0.05) is 12.5 Å². The van der Waals surface area contributed by atoms with Gasteiger partial charge in [-0.2, -0.15) is 4.31 Å². The van der Waals surface area contributed by atoms with Crippen molar-refractivity contribution < 1.29 is 21.6 Å². The number of benzene rings is 2. The summed E-state index contributed by atoms with van der Waals surface area (Å²) in [5.74, 6) is -0.518. The number of carbonyl (C=O) groups excluding carboxylic acids is 1. The van der Waals surface area contributed by atoms with Gasteiger partial charge in [-0.25, -0.2) is 31.5 Å². The third kappa shape index (κ3) is 6.14. The number of nitrogens with zero attached hydrogens (tertiary/aromatic N) is 3. The Morgan fingerprint density at radius 2 is 1.41 bits per heavy atom. The van der Waals surface area contributed by atoms with Crippen molar-refractivity contribution in [3.8, 4) is 0 Å². The van der Waals surface area contributed by atoms with Crippen molar-refractivity contribution in [2.24, 2.45) is 0 Å². The molecule has 3 aromatic rings. The van der Waals surface area contributed by atoms with Crippen LogP contribution in [-0.2, 0) is 20.0 Å². The van der Waals surface area contributed by atoms with Crippen LogP contribution in [0, 0.1) is 20.8 Å². The van der Waals surface area contributed by atoms with Gasteiger partial charge in [0.2, 0.25) is 16.0 Å². The number of hydrogen-bond acceptors (Lipinski definition) is 7. The quantitative estimate of drug-likeness (QED) is 0.464. The fourth-order valence-electron chi connectivity index (χ4n) is 4.13. The zero-order valence-corrected chi connectivity index (χ0v) is 22.5. The van der Waals surface area contributed by atoms with Gasteiger partial charge in [-0.3, -0.25) is 4.79 Å². The van der Waals surface area contributed by atoms with Crippen molar-refractivity contribution in [3.05, 3.63) is 71.0 Å². The van der Waals surface area contributed by atoms with E-state index in [0.29, 0.717) is 35.7 Å². The van der Waals surface area contributed by atoms with Gasteiger partial charge >= 0.3 is 0 Å². The lowest BCUT2D eigenvalue weighted by Gasteiger charge is -2.26. The first-order chi connectivity index (χ1) is 17.5. The summed E-state index contributed by atoms with van der Waals surface area (Å²) in [6.45, 7) is 6.15. The standard InChI is InChI=1S/C25H29N5O5S2/c1-17-7-10-22(37(34,35)30-13-5-4-6-14-30)16-23(17)24(31)28-20-8-11-21(12-9-20)36(32,33)29-25-26-18(2)15-19(3)27-25/h7-12,15-16H,4-6,13-14H2,1-3H3,(H,28,31)(H,26,27,29). The van der Waals surface area contributed by atoms with Crippen molar-refractivity contribution >= 4 is 37.6 Å². The molecule has 1 amide bonds. The second-order valence-electron chi connectivity index (χ2n) is 9.00. The molecule has 1 aliphatic rings. The number of piperidine rings is 1. The first-order valence-corrected chi connectivity index (χ1v) is 14.8. The average molecular weight is 544 g/mol. The van der Waals surface area contributed by atoms with Gasteiger partial charge in [0.25, 0.3) is 15.9 Å². The molecule has 196 valence electrons. The van der Waals surface area contributed by atoms with E-state index in [1.54, 1.807) is 32.9 Å². The molecular formula is C25H29N5O5S2. The number of sulfonamides is 2. The van der Waals surface area contributed by atoms with Gasteiger partial charge in [0.1, 0.15) is 0 Å². The topological polar surface area (TPSA) is 138 Å². The van der Waals surface area contributed by atoms with E-state index in [0.717, 1.165) is 19.3 Å². The molecule has 12 heteroatoms. The fraction of sp³-hybridized carbons (Fsp3) is 0.320. The van der Waals surface area contributed by atoms with Crippen LogP contribution in [-0.4, -0.2) is 50.1 Å². The molecule has 0 atom stereocenters. The summed E-state index contributed by atoms with van der Waals surface area (Å²) in [7, 11) is -7.63. The summed E-state index contributed by atoms with van der Waals surface area (Å²) in [5, 5.41) is 2.71. The number of aromatic nitrogens is 2. The molecule has 2 aromatic carbocycles. The smallest absolute Gasteiger partial charge is 0.264 e. The summed E-state index contributed by atoms with van der Waals surface area (Å²) in [4.78, 5) is 21.2. The minimum atomic E-state index is -3.94. The fourth-order valence-corrected chi connectivity index (χ4v) is 6.61. The highest BCUT2D eigenvalue weighted by Gasteiger charge is 2.27. The highest BCUT2D eigenvalue weighted by atomic mass is 32.2.